The molecule has 0 unspecified atom stereocenters. The van der Waals surface area contributed by atoms with Gasteiger partial charge in [0, 0.05) is 110 Å². The predicted octanol–water partition coefficient (Wildman–Crippen LogP) is 39.6. The Morgan fingerprint density at radius 2 is 0.319 bits per heavy atom. The number of para-hydroxylation sites is 10. The third kappa shape index (κ3) is 21.1. The molecule has 0 fully saturated rings. The van der Waals surface area contributed by atoms with Crippen molar-refractivity contribution in [3.63, 3.8) is 0 Å². The summed E-state index contributed by atoms with van der Waals surface area (Å²) in [6.07, 6.45) is 0. The minimum absolute atomic E-state index is 0. The maximum Gasteiger partial charge on any atom is 0.453 e. The molecule has 0 saturated heterocycles. The van der Waals surface area contributed by atoms with Crippen LogP contribution in [0.3, 0.4) is 0 Å². The molecule has 0 radical (unpaired) electrons. The lowest BCUT2D eigenvalue weighted by Crippen LogP contribution is -2.21. The second-order valence-electron chi connectivity index (χ2n) is 43.4. The van der Waals surface area contributed by atoms with Crippen molar-refractivity contribution in [2.75, 3.05) is 0 Å². The first-order valence-corrected chi connectivity index (χ1v) is 53.3. The van der Waals surface area contributed by atoms with Crippen molar-refractivity contribution in [2.45, 2.75) is 209 Å². The number of phenols is 4. The topological polar surface area (TPSA) is 249 Å². The van der Waals surface area contributed by atoms with Gasteiger partial charge < -0.3 is 80.5 Å². The molecule has 19 rings (SSSR count). The van der Waals surface area contributed by atoms with Crippen molar-refractivity contribution < 1.29 is 80.5 Å². The van der Waals surface area contributed by atoms with Crippen LogP contribution in [0.25, 0.3) is 132 Å². The molecule has 0 amide bonds. The second kappa shape index (κ2) is 39.4. The Balaban J connectivity index is 0.000000238. The molecule has 25 heteroatoms. The van der Waals surface area contributed by atoms with E-state index >= 15 is 0 Å². The number of aromatic hydroxyl groups is 4. The molecule has 0 atom stereocenters. The molecule has 18 nitrogen and oxygen atoms in total. The normalized spacial score (nSPS) is 12.3. The van der Waals surface area contributed by atoms with Crippen molar-refractivity contribution in [3.05, 3.63) is 311 Å². The van der Waals surface area contributed by atoms with Crippen LogP contribution in [-0.4, -0.2) is 20.4 Å². The average Bonchev–Trinajstić information content (AvgIpc) is 1.42. The second-order valence-corrected chi connectivity index (χ2v) is 49.0. The number of rotatable bonds is 10. The zero-order valence-electron chi connectivity index (χ0n) is 83.9. The zero-order chi connectivity index (χ0) is 100.0. The van der Waals surface area contributed by atoms with Gasteiger partial charge in [-0.05, 0) is 128 Å². The molecule has 0 bridgehead atoms. The molecular formula is C116H121ClIO18P5. The van der Waals surface area contributed by atoms with Crippen molar-refractivity contribution in [1.82, 2.24) is 0 Å². The van der Waals surface area contributed by atoms with Gasteiger partial charge in [-0.2, -0.15) is 0 Å². The van der Waals surface area contributed by atoms with Crippen molar-refractivity contribution in [2.24, 2.45) is 0 Å². The SMILES string of the molecule is CC(C)(C)c1cc(C(C)(C)C)c(O)c(-c2c(O)c(C(C)(C)C)cc(C(C)(C)C)c2O)c1O.CC(C)(C)c1cc(C(C)(C)C)c(Op2oc3ccccc3c3ccccc3o2)c(-c2c(Op3oc4ccccc4c4ccccc4o3)c(C(C)(C)C)cc(C(C)(C)C)c2Op2oc3ccccc3c3ccccc3o2)c1Op1oc2ccccc2c2ccccc2o1.Clp1oc2ccccc2c2ccccc2o1.I. The van der Waals surface area contributed by atoms with Crippen molar-refractivity contribution in [1.29, 1.82) is 0 Å². The maximum absolute atomic E-state index is 11.4. The molecule has 0 saturated carbocycles. The lowest BCUT2D eigenvalue weighted by molar-refractivity contribution is 0.407. The van der Waals surface area contributed by atoms with Gasteiger partial charge in [0.2, 0.25) is 0 Å². The summed E-state index contributed by atoms with van der Waals surface area (Å²) in [5, 5.41) is 54.5. The number of phenolic OH excluding ortho intramolecular Hbond substituents is 4. The van der Waals surface area contributed by atoms with Gasteiger partial charge in [-0.1, -0.05) is 348 Å². The number of hydrogen-bond acceptors (Lipinski definition) is 18. The van der Waals surface area contributed by atoms with Crippen molar-refractivity contribution >= 4 is 185 Å². The lowest BCUT2D eigenvalue weighted by atomic mass is 9.74. The third-order valence-electron chi connectivity index (χ3n) is 24.7. The van der Waals surface area contributed by atoms with Gasteiger partial charge in [0.25, 0.3) is 0 Å². The Labute approximate surface area is 848 Å². The largest absolute Gasteiger partial charge is 0.507 e. The number of halogens is 2. The molecule has 4 N–H and O–H groups in total. The van der Waals surface area contributed by atoms with E-state index in [0.29, 0.717) is 101 Å². The number of hydrogen-bond donors (Lipinski definition) is 4. The van der Waals surface area contributed by atoms with Crippen LogP contribution in [0.1, 0.15) is 211 Å². The Hall–Kier alpha value is -12.0. The molecule has 0 aliphatic carbocycles. The van der Waals surface area contributed by atoms with E-state index in [1.165, 1.54) is 0 Å². The van der Waals surface area contributed by atoms with E-state index in [1.807, 2.05) is 338 Å². The summed E-state index contributed by atoms with van der Waals surface area (Å²) in [5.41, 5.74) is 8.55. The molecule has 732 valence electrons. The quantitative estimate of drug-likeness (QED) is 0.0929. The highest BCUT2D eigenvalue weighted by Gasteiger charge is 2.43. The molecule has 0 spiro atoms. The summed E-state index contributed by atoms with van der Waals surface area (Å²) < 4.78 is 99.3. The fraction of sp³-hybridized carbons (Fsp3) is 0.276. The fourth-order valence-corrected chi connectivity index (χ4v) is 22.9. The van der Waals surface area contributed by atoms with E-state index < -0.39 is 83.6 Å². The summed E-state index contributed by atoms with van der Waals surface area (Å²) in [5.74, 6) is 0.913. The number of benzene rings is 14. The summed E-state index contributed by atoms with van der Waals surface area (Å²) >= 11 is 6.00. The van der Waals surface area contributed by atoms with Crippen LogP contribution < -0.4 is 18.1 Å². The fourth-order valence-electron chi connectivity index (χ4n) is 17.5. The summed E-state index contributed by atoms with van der Waals surface area (Å²) in [6.45, 7) is 49.9. The molecule has 5 heterocycles. The molecule has 141 heavy (non-hydrogen) atoms. The molecule has 0 aliphatic rings. The summed E-state index contributed by atoms with van der Waals surface area (Å²) in [7, 11) is -10.9. The highest BCUT2D eigenvalue weighted by molar-refractivity contribution is 14.0. The van der Waals surface area contributed by atoms with Gasteiger partial charge in [0.1, 0.15) is 78.8 Å². The average molecular weight is 2120 g/mol. The first kappa shape index (κ1) is 102. The predicted molar refractivity (Wildman–Crippen MR) is 592 cm³/mol. The van der Waals surface area contributed by atoms with Crippen LogP contribution >= 0.6 is 75.5 Å². The standard InChI is InChI=1S/C76H70O12P4.C28H42O4.C12H8ClO2P.HI/c1-73(2,3)55-45-56(74(4,5)6)70(86-90-79-61-39-23-15-31-49(61)50-32-16-24-40-62(50)80-90)67(69(55)85-89-77-59-37-21-13-29-47(59)48-30-14-22-38-60(48)78-89)68-71(87-91-81-63-41-25-17-33-51(63)52-34-18-26-42-64(52)82-91)57(75(7,8)9)46-58(76(10,11)12)72(68)88-92-83-65-43-27-19-35-53(65)54-36-20-28-44-66(54)84-92;1-25(2,3)15-13-16(26(4,5)6)22(30)19(21(15)29)20-23(31)17(27(7,8)9)14-18(24(20)32)28(10,11)12;13-16-14-11-7-3-1-5-9(11)10-6-2-4-8-12(10)15-16;/h13-46H,1-12H3;13-14,29-32H,1-12H3;1-8H;1H. The van der Waals surface area contributed by atoms with Gasteiger partial charge in [-0.15, -0.1) is 24.0 Å². The highest BCUT2D eigenvalue weighted by Crippen LogP contribution is 2.65. The van der Waals surface area contributed by atoms with Crippen LogP contribution in [0.5, 0.6) is 46.0 Å². The van der Waals surface area contributed by atoms with Crippen molar-refractivity contribution in [3.8, 4) is 68.2 Å². The van der Waals surface area contributed by atoms with Gasteiger partial charge >= 0.3 is 40.3 Å². The van der Waals surface area contributed by atoms with E-state index in [4.69, 9.17) is 71.3 Å². The highest BCUT2D eigenvalue weighted by atomic mass is 127. The first-order chi connectivity index (χ1) is 66.1. The minimum atomic E-state index is -2.38. The smallest absolute Gasteiger partial charge is 0.453 e. The van der Waals surface area contributed by atoms with Gasteiger partial charge in [-0.25, -0.2) is 0 Å². The zero-order valence-corrected chi connectivity index (χ0v) is 91.5. The summed E-state index contributed by atoms with van der Waals surface area (Å²) in [6, 6.07) is 87.0. The van der Waals surface area contributed by atoms with Crippen LogP contribution in [-0.2, 0) is 43.3 Å². The van der Waals surface area contributed by atoms with E-state index in [0.717, 1.165) is 87.3 Å². The maximum atomic E-state index is 11.4. The van der Waals surface area contributed by atoms with Gasteiger partial charge in [0.05, 0.1) is 22.3 Å². The Kier molecular flexibility index (Phi) is 28.5. The monoisotopic (exact) mass is 2120 g/mol. The first-order valence-electron chi connectivity index (χ1n) is 46.8. The van der Waals surface area contributed by atoms with Crippen LogP contribution in [0, 0.1) is 0 Å². The van der Waals surface area contributed by atoms with E-state index in [9.17, 15) is 20.4 Å². The Morgan fingerprint density at radius 1 is 0.191 bits per heavy atom. The van der Waals surface area contributed by atoms with Gasteiger partial charge in [-0.3, -0.25) is 0 Å². The third-order valence-corrected chi connectivity index (χ3v) is 29.9. The van der Waals surface area contributed by atoms with Crippen LogP contribution in [0.15, 0.2) is 309 Å². The molecule has 19 aromatic rings. The van der Waals surface area contributed by atoms with Gasteiger partial charge in [0.15, 0.2) is 23.0 Å². The molecular weight excluding hydrogens is 2000 g/mol. The summed E-state index contributed by atoms with van der Waals surface area (Å²) in [4.78, 5) is 0. The lowest BCUT2D eigenvalue weighted by Gasteiger charge is -2.34. The van der Waals surface area contributed by atoms with E-state index in [1.54, 1.807) is 0 Å². The van der Waals surface area contributed by atoms with Crippen LogP contribution in [0.2, 0.25) is 0 Å². The Morgan fingerprint density at radius 3 is 0.461 bits per heavy atom. The van der Waals surface area contributed by atoms with E-state index in [-0.39, 0.29) is 58.1 Å². The number of fused-ring (bicyclic) bond motifs is 15. The minimum Gasteiger partial charge on any atom is -0.507 e. The van der Waals surface area contributed by atoms with E-state index in [2.05, 4.69) is 95.2 Å². The van der Waals surface area contributed by atoms with Crippen LogP contribution in [0.4, 0.5) is 0 Å². The molecule has 14 aromatic carbocycles. The molecule has 0 aliphatic heterocycles. The Bertz CT molecular complexity index is 7150. The molecule has 5 aromatic heterocycles.